The molecule has 264 valence electrons. The van der Waals surface area contributed by atoms with Crippen molar-refractivity contribution in [2.24, 2.45) is 5.92 Å². The second-order valence-electron chi connectivity index (χ2n) is 14.4. The molecular weight excluding hydrogens is 663 g/mol. The number of hydrogen-bond acceptors (Lipinski definition) is 6. The van der Waals surface area contributed by atoms with E-state index >= 15 is 0 Å². The van der Waals surface area contributed by atoms with E-state index in [2.05, 4.69) is 15.1 Å². The minimum absolute atomic E-state index is 0.0227. The number of amides is 4. The molecule has 2 aromatic carbocycles. The number of urea groups is 1. The van der Waals surface area contributed by atoms with Crippen LogP contribution in [-0.2, 0) is 22.4 Å². The Morgan fingerprint density at radius 3 is 2.20 bits per heavy atom. The highest BCUT2D eigenvalue weighted by molar-refractivity contribution is 6.42. The monoisotopic (exact) mass is 710 g/mol. The van der Waals surface area contributed by atoms with Gasteiger partial charge in [0.2, 0.25) is 0 Å². The van der Waals surface area contributed by atoms with E-state index in [1.807, 2.05) is 40.1 Å². The summed E-state index contributed by atoms with van der Waals surface area (Å²) in [6.07, 6.45) is 5.44. The van der Waals surface area contributed by atoms with Crippen molar-refractivity contribution in [3.8, 4) is 0 Å². The van der Waals surface area contributed by atoms with Crippen LogP contribution in [0.3, 0.4) is 0 Å². The van der Waals surface area contributed by atoms with Gasteiger partial charge in [-0.2, -0.15) is 0 Å². The van der Waals surface area contributed by atoms with Crippen LogP contribution in [0.25, 0.3) is 0 Å². The number of para-hydroxylation sites is 1. The molecule has 0 spiro atoms. The van der Waals surface area contributed by atoms with Crippen LogP contribution >= 0.6 is 23.2 Å². The maximum atomic E-state index is 14.0. The number of benzene rings is 2. The molecule has 0 bridgehead atoms. The standard InChI is InChI=1S/C37H48Cl2N6O4/c38-31-8-7-27(23-32(31)39)24-34(35(46)43-14-10-29(11-15-43)42-21-19-41(20-22-42)25-26-5-6-26)49-37(48)44-16-12-30(13-17-44)45-18-9-28-3-1-2-4-33(28)40-36(45)47/h1-4,7-8,23,26,29-30,34H,5-6,9-22,24-25H2,(H,40,47)/t34-/m1/s1. The van der Waals surface area contributed by atoms with Crippen LogP contribution < -0.4 is 5.32 Å². The number of rotatable bonds is 8. The minimum atomic E-state index is -0.972. The zero-order valence-electron chi connectivity index (χ0n) is 28.2. The molecule has 1 N–H and O–H groups in total. The molecule has 4 heterocycles. The highest BCUT2D eigenvalue weighted by Gasteiger charge is 2.37. The van der Waals surface area contributed by atoms with E-state index in [-0.39, 0.29) is 24.4 Å². The third-order valence-electron chi connectivity index (χ3n) is 11.1. The van der Waals surface area contributed by atoms with Crippen molar-refractivity contribution in [3.63, 3.8) is 0 Å². The molecule has 1 saturated carbocycles. The summed E-state index contributed by atoms with van der Waals surface area (Å²) < 4.78 is 6.05. The second-order valence-corrected chi connectivity index (χ2v) is 15.2. The lowest BCUT2D eigenvalue weighted by Crippen LogP contribution is -2.55. The summed E-state index contributed by atoms with van der Waals surface area (Å²) in [5.41, 5.74) is 2.77. The molecule has 0 unspecified atom stereocenters. The fourth-order valence-corrected chi connectivity index (χ4v) is 8.31. The minimum Gasteiger partial charge on any atom is -0.436 e. The number of hydrogen-bond donors (Lipinski definition) is 1. The second kappa shape index (κ2) is 15.5. The summed E-state index contributed by atoms with van der Waals surface area (Å²) in [6.45, 7) is 8.53. The Kier molecular flexibility index (Phi) is 10.9. The van der Waals surface area contributed by atoms with Crippen LogP contribution in [0, 0.1) is 5.92 Å². The van der Waals surface area contributed by atoms with Gasteiger partial charge in [0.25, 0.3) is 5.91 Å². The summed E-state index contributed by atoms with van der Waals surface area (Å²) in [7, 11) is 0. The molecule has 10 nitrogen and oxygen atoms in total. The molecule has 1 atom stereocenters. The lowest BCUT2D eigenvalue weighted by molar-refractivity contribution is -0.142. The van der Waals surface area contributed by atoms with Gasteiger partial charge in [-0.15, -0.1) is 0 Å². The van der Waals surface area contributed by atoms with Crippen LogP contribution in [-0.4, -0.2) is 126 Å². The van der Waals surface area contributed by atoms with E-state index in [1.54, 1.807) is 17.0 Å². The summed E-state index contributed by atoms with van der Waals surface area (Å²) in [6, 6.07) is 13.6. The quantitative estimate of drug-likeness (QED) is 0.383. The summed E-state index contributed by atoms with van der Waals surface area (Å²) in [5, 5.41) is 3.89. The van der Waals surface area contributed by atoms with Crippen molar-refractivity contribution in [3.05, 3.63) is 63.6 Å². The van der Waals surface area contributed by atoms with Gasteiger partial charge in [-0.25, -0.2) is 9.59 Å². The average molecular weight is 712 g/mol. The molecular formula is C37H48Cl2N6O4. The Labute approximate surface area is 299 Å². The van der Waals surface area contributed by atoms with Gasteiger partial charge in [-0.1, -0.05) is 47.5 Å². The maximum absolute atomic E-state index is 14.0. The van der Waals surface area contributed by atoms with Gasteiger partial charge < -0.3 is 29.7 Å². The third-order valence-corrected chi connectivity index (χ3v) is 11.9. The van der Waals surface area contributed by atoms with Crippen molar-refractivity contribution in [1.29, 1.82) is 0 Å². The predicted octanol–water partition coefficient (Wildman–Crippen LogP) is 5.61. The van der Waals surface area contributed by atoms with Gasteiger partial charge in [-0.3, -0.25) is 9.69 Å². The fourth-order valence-electron chi connectivity index (χ4n) is 7.99. The van der Waals surface area contributed by atoms with Crippen LogP contribution in [0.1, 0.15) is 49.7 Å². The van der Waals surface area contributed by atoms with E-state index in [0.717, 1.165) is 68.2 Å². The molecule has 0 aromatic heterocycles. The lowest BCUT2D eigenvalue weighted by atomic mass is 10.0. The smallest absolute Gasteiger partial charge is 0.410 e. The van der Waals surface area contributed by atoms with Gasteiger partial charge in [0.1, 0.15) is 0 Å². The van der Waals surface area contributed by atoms with Crippen LogP contribution in [0.4, 0.5) is 15.3 Å². The number of halogens is 2. The van der Waals surface area contributed by atoms with Gasteiger partial charge >= 0.3 is 12.1 Å². The average Bonchev–Trinajstić information content (AvgIpc) is 3.96. The van der Waals surface area contributed by atoms with E-state index < -0.39 is 12.2 Å². The first-order chi connectivity index (χ1) is 23.8. The van der Waals surface area contributed by atoms with Crippen molar-refractivity contribution in [2.45, 2.75) is 69.6 Å². The summed E-state index contributed by atoms with van der Waals surface area (Å²) >= 11 is 12.5. The zero-order valence-corrected chi connectivity index (χ0v) is 29.7. The van der Waals surface area contributed by atoms with Crippen molar-refractivity contribution >= 4 is 46.9 Å². The molecule has 3 saturated heterocycles. The van der Waals surface area contributed by atoms with Crippen molar-refractivity contribution in [1.82, 2.24) is 24.5 Å². The number of anilines is 1. The molecule has 2 aromatic rings. The molecule has 4 fully saturated rings. The van der Waals surface area contributed by atoms with E-state index in [4.69, 9.17) is 27.9 Å². The number of fused-ring (bicyclic) bond motifs is 1. The number of ether oxygens (including phenoxy) is 1. The van der Waals surface area contributed by atoms with Crippen LogP contribution in [0.15, 0.2) is 42.5 Å². The van der Waals surface area contributed by atoms with Gasteiger partial charge in [-0.05, 0) is 80.2 Å². The van der Waals surface area contributed by atoms with Gasteiger partial charge in [0, 0.05) is 89.6 Å². The summed E-state index contributed by atoms with van der Waals surface area (Å²) in [5.74, 6) is 0.757. The molecule has 1 aliphatic carbocycles. The summed E-state index contributed by atoms with van der Waals surface area (Å²) in [4.78, 5) is 51.4. The number of carbonyl (C=O) groups excluding carboxylic acids is 3. The lowest BCUT2D eigenvalue weighted by Gasteiger charge is -2.43. The molecule has 0 radical (unpaired) electrons. The molecule has 5 aliphatic rings. The Morgan fingerprint density at radius 1 is 0.796 bits per heavy atom. The number of nitrogens with zero attached hydrogens (tertiary/aromatic N) is 5. The predicted molar refractivity (Wildman–Crippen MR) is 191 cm³/mol. The number of nitrogens with one attached hydrogen (secondary N) is 1. The molecule has 7 rings (SSSR count). The first-order valence-corrected chi connectivity index (χ1v) is 18.9. The van der Waals surface area contributed by atoms with E-state index in [9.17, 15) is 14.4 Å². The normalized spacial score (nSPS) is 22.3. The number of piperidine rings is 2. The van der Waals surface area contributed by atoms with Crippen molar-refractivity contribution < 1.29 is 19.1 Å². The third kappa shape index (κ3) is 8.47. The largest absolute Gasteiger partial charge is 0.436 e. The maximum Gasteiger partial charge on any atom is 0.410 e. The van der Waals surface area contributed by atoms with E-state index in [0.29, 0.717) is 61.7 Å². The highest BCUT2D eigenvalue weighted by Crippen LogP contribution is 2.31. The highest BCUT2D eigenvalue weighted by atomic mass is 35.5. The molecule has 4 amide bonds. The number of carbonyl (C=O) groups is 3. The van der Waals surface area contributed by atoms with Crippen molar-refractivity contribution in [2.75, 3.05) is 70.8 Å². The van der Waals surface area contributed by atoms with E-state index in [1.165, 1.54) is 19.4 Å². The number of likely N-dealkylation sites (tertiary alicyclic amines) is 2. The topological polar surface area (TPSA) is 88.7 Å². The fraction of sp³-hybridized carbons (Fsp3) is 0.595. The Balaban J connectivity index is 0.942. The Bertz CT molecular complexity index is 1500. The Hall–Kier alpha value is -3.05. The molecule has 49 heavy (non-hydrogen) atoms. The van der Waals surface area contributed by atoms with Crippen LogP contribution in [0.2, 0.25) is 10.0 Å². The number of piperazine rings is 1. The molecule has 4 aliphatic heterocycles. The first kappa shape index (κ1) is 34.4. The SMILES string of the molecule is O=C(O[C@H](Cc1ccc(Cl)c(Cl)c1)C(=O)N1CCC(N2CCN(CC3CC3)CC2)CC1)N1CCC(N2CCc3ccccc3NC2=O)CC1. The Morgan fingerprint density at radius 2 is 1.49 bits per heavy atom. The first-order valence-electron chi connectivity index (χ1n) is 18.1. The van der Waals surface area contributed by atoms with Gasteiger partial charge in [0.15, 0.2) is 6.10 Å². The van der Waals surface area contributed by atoms with Crippen LogP contribution in [0.5, 0.6) is 0 Å². The zero-order chi connectivity index (χ0) is 33.9. The molecule has 12 heteroatoms. The van der Waals surface area contributed by atoms with Gasteiger partial charge in [0.05, 0.1) is 10.0 Å².